The molecule has 1 atom stereocenters. The molecule has 0 saturated carbocycles. The SMILES string of the molecule is c1ccc(-c2ccc(N(c3ccc(-c4cccc5ccccc45)cc3)c3cccc4c3sc3cc5c(cc34)SC(c3ccccc3)N5)cc2)cc1. The molecule has 0 fully saturated rings. The van der Waals surface area contributed by atoms with E-state index in [4.69, 9.17) is 0 Å². The van der Waals surface area contributed by atoms with Crippen LogP contribution in [-0.2, 0) is 0 Å². The molecule has 0 bridgehead atoms. The second-order valence-corrected chi connectivity index (χ2v) is 15.2. The fourth-order valence-corrected chi connectivity index (χ4v) is 9.79. The van der Waals surface area contributed by atoms with E-state index in [0.29, 0.717) is 0 Å². The van der Waals surface area contributed by atoms with E-state index < -0.39 is 0 Å². The first-order valence-corrected chi connectivity index (χ1v) is 19.0. The van der Waals surface area contributed by atoms with E-state index in [1.54, 1.807) is 0 Å². The molecule has 242 valence electrons. The summed E-state index contributed by atoms with van der Waals surface area (Å²) in [5, 5.41) is 9.13. The molecule has 0 spiro atoms. The minimum Gasteiger partial charge on any atom is -0.368 e. The van der Waals surface area contributed by atoms with Gasteiger partial charge in [0.05, 0.1) is 16.1 Å². The highest BCUT2D eigenvalue weighted by Crippen LogP contribution is 2.52. The maximum Gasteiger partial charge on any atom is 0.103 e. The van der Waals surface area contributed by atoms with E-state index in [9.17, 15) is 0 Å². The number of nitrogens with zero attached hydrogens (tertiary/aromatic N) is 1. The first-order chi connectivity index (χ1) is 25.3. The third-order valence-electron chi connectivity index (χ3n) is 9.91. The first kappa shape index (κ1) is 30.1. The van der Waals surface area contributed by atoms with Crippen LogP contribution in [0, 0.1) is 0 Å². The second kappa shape index (κ2) is 12.5. The molecule has 2 nitrogen and oxygen atoms in total. The highest BCUT2D eigenvalue weighted by Gasteiger charge is 2.25. The van der Waals surface area contributed by atoms with E-state index in [1.165, 1.54) is 75.0 Å². The maximum atomic E-state index is 3.78. The average molecular weight is 689 g/mol. The summed E-state index contributed by atoms with van der Waals surface area (Å²) in [6.45, 7) is 0. The van der Waals surface area contributed by atoms with Crippen LogP contribution < -0.4 is 10.2 Å². The van der Waals surface area contributed by atoms with Crippen LogP contribution in [0.5, 0.6) is 0 Å². The lowest BCUT2D eigenvalue weighted by Crippen LogP contribution is -2.10. The van der Waals surface area contributed by atoms with Crippen LogP contribution in [0.1, 0.15) is 10.9 Å². The van der Waals surface area contributed by atoms with Crippen LogP contribution in [0.4, 0.5) is 22.7 Å². The Morgan fingerprint density at radius 3 is 1.90 bits per heavy atom. The van der Waals surface area contributed by atoms with Crippen molar-refractivity contribution in [3.05, 3.63) is 188 Å². The number of anilines is 4. The van der Waals surface area contributed by atoms with Gasteiger partial charge in [-0.1, -0.05) is 151 Å². The van der Waals surface area contributed by atoms with Crippen molar-refractivity contribution in [1.29, 1.82) is 0 Å². The zero-order valence-electron chi connectivity index (χ0n) is 27.7. The molecule has 2 heterocycles. The van der Waals surface area contributed by atoms with Crippen molar-refractivity contribution in [2.75, 3.05) is 10.2 Å². The maximum absolute atomic E-state index is 3.78. The van der Waals surface area contributed by atoms with Crippen molar-refractivity contribution in [2.45, 2.75) is 10.3 Å². The summed E-state index contributed by atoms with van der Waals surface area (Å²) < 4.78 is 2.58. The van der Waals surface area contributed by atoms with Gasteiger partial charge >= 0.3 is 0 Å². The van der Waals surface area contributed by atoms with Gasteiger partial charge in [-0.15, -0.1) is 11.3 Å². The van der Waals surface area contributed by atoms with Crippen LogP contribution in [-0.4, -0.2) is 0 Å². The molecule has 1 aliphatic heterocycles. The predicted octanol–water partition coefficient (Wildman–Crippen LogP) is 14.2. The van der Waals surface area contributed by atoms with E-state index in [1.807, 2.05) is 23.1 Å². The molecule has 1 aliphatic rings. The highest BCUT2D eigenvalue weighted by atomic mass is 32.2. The number of thiophene rings is 1. The van der Waals surface area contributed by atoms with E-state index in [0.717, 1.165) is 11.4 Å². The van der Waals surface area contributed by atoms with Crippen molar-refractivity contribution >= 4 is 76.8 Å². The molecule has 0 aliphatic carbocycles. The molecule has 0 saturated heterocycles. The molecule has 9 aromatic rings. The minimum absolute atomic E-state index is 0.228. The smallest absolute Gasteiger partial charge is 0.103 e. The monoisotopic (exact) mass is 688 g/mol. The van der Waals surface area contributed by atoms with Gasteiger partial charge in [-0.05, 0) is 81.1 Å². The Kier molecular flexibility index (Phi) is 7.37. The van der Waals surface area contributed by atoms with Crippen molar-refractivity contribution < 1.29 is 0 Å². The molecule has 4 heteroatoms. The Hall–Kier alpha value is -5.81. The molecular formula is C47H32N2S2. The van der Waals surface area contributed by atoms with Gasteiger partial charge < -0.3 is 10.2 Å². The Morgan fingerprint density at radius 2 is 1.12 bits per heavy atom. The summed E-state index contributed by atoms with van der Waals surface area (Å²) in [7, 11) is 0. The van der Waals surface area contributed by atoms with Crippen LogP contribution in [0.15, 0.2) is 187 Å². The Morgan fingerprint density at radius 1 is 0.490 bits per heavy atom. The number of hydrogen-bond donors (Lipinski definition) is 1. The summed E-state index contributed by atoms with van der Waals surface area (Å²) in [5.74, 6) is 0. The first-order valence-electron chi connectivity index (χ1n) is 17.3. The van der Waals surface area contributed by atoms with Gasteiger partial charge in [0.1, 0.15) is 5.37 Å². The summed E-state index contributed by atoms with van der Waals surface area (Å²) >= 11 is 3.78. The molecule has 51 heavy (non-hydrogen) atoms. The quantitative estimate of drug-likeness (QED) is 0.187. The van der Waals surface area contributed by atoms with Crippen molar-refractivity contribution in [1.82, 2.24) is 0 Å². The van der Waals surface area contributed by atoms with Crippen LogP contribution in [0.2, 0.25) is 0 Å². The number of benzene rings is 8. The number of hydrogen-bond acceptors (Lipinski definition) is 4. The number of rotatable bonds is 6. The summed E-state index contributed by atoms with van der Waals surface area (Å²) in [5.41, 5.74) is 10.8. The van der Waals surface area contributed by atoms with Gasteiger partial charge in [-0.2, -0.15) is 0 Å². The van der Waals surface area contributed by atoms with E-state index in [-0.39, 0.29) is 5.37 Å². The normalized spacial score (nSPS) is 13.8. The summed E-state index contributed by atoms with van der Waals surface area (Å²) in [4.78, 5) is 3.73. The third-order valence-corrected chi connectivity index (χ3v) is 12.3. The van der Waals surface area contributed by atoms with E-state index >= 15 is 0 Å². The molecule has 0 amide bonds. The second-order valence-electron chi connectivity index (χ2n) is 13.0. The van der Waals surface area contributed by atoms with Gasteiger partial charge in [-0.3, -0.25) is 0 Å². The number of nitrogens with one attached hydrogen (secondary N) is 1. The van der Waals surface area contributed by atoms with Gasteiger partial charge in [0, 0.05) is 31.7 Å². The van der Waals surface area contributed by atoms with Gasteiger partial charge in [0.15, 0.2) is 0 Å². The molecule has 1 N–H and O–H groups in total. The molecule has 8 aromatic carbocycles. The van der Waals surface area contributed by atoms with Gasteiger partial charge in [0.2, 0.25) is 0 Å². The lowest BCUT2D eigenvalue weighted by atomic mass is 9.98. The molecule has 0 radical (unpaired) electrons. The van der Waals surface area contributed by atoms with Crippen LogP contribution >= 0.6 is 23.1 Å². The van der Waals surface area contributed by atoms with Crippen molar-refractivity contribution in [3.8, 4) is 22.3 Å². The van der Waals surface area contributed by atoms with Crippen molar-refractivity contribution in [3.63, 3.8) is 0 Å². The average Bonchev–Trinajstić information content (AvgIpc) is 3.79. The van der Waals surface area contributed by atoms with Gasteiger partial charge in [-0.25, -0.2) is 0 Å². The zero-order valence-corrected chi connectivity index (χ0v) is 29.3. The highest BCUT2D eigenvalue weighted by molar-refractivity contribution is 8.00. The Bertz CT molecular complexity index is 2680. The number of thioether (sulfide) groups is 1. The largest absolute Gasteiger partial charge is 0.368 e. The Balaban J connectivity index is 1.09. The topological polar surface area (TPSA) is 15.3 Å². The molecule has 1 unspecified atom stereocenters. The number of fused-ring (bicyclic) bond motifs is 5. The molecule has 1 aromatic heterocycles. The fraction of sp³-hybridized carbons (Fsp3) is 0.0213. The molecule has 10 rings (SSSR count). The fourth-order valence-electron chi connectivity index (χ4n) is 7.40. The summed E-state index contributed by atoms with van der Waals surface area (Å²) in [6, 6.07) is 66.1. The van der Waals surface area contributed by atoms with Crippen LogP contribution in [0.25, 0.3) is 53.2 Å². The predicted molar refractivity (Wildman–Crippen MR) is 221 cm³/mol. The van der Waals surface area contributed by atoms with Crippen LogP contribution in [0.3, 0.4) is 0 Å². The standard InChI is InChI=1S/C47H32N2S2/c1-3-11-31(12-4-1)32-21-25-36(26-22-32)49(37-27-23-34(24-28-37)39-18-9-16-33-13-7-8-17-38(33)39)43-20-10-19-40-41-29-45-42(30-44(41)50-46(40)43)48-47(51-45)35-14-5-2-6-15-35/h1-30,47-48H. The zero-order chi connectivity index (χ0) is 33.7. The van der Waals surface area contributed by atoms with E-state index in [2.05, 4.69) is 192 Å². The van der Waals surface area contributed by atoms with Crippen molar-refractivity contribution in [2.24, 2.45) is 0 Å². The summed E-state index contributed by atoms with van der Waals surface area (Å²) in [6.07, 6.45) is 0. The third kappa shape index (κ3) is 5.36. The lowest BCUT2D eigenvalue weighted by Gasteiger charge is -2.26. The Labute approximate surface area is 305 Å². The minimum atomic E-state index is 0.228. The van der Waals surface area contributed by atoms with Gasteiger partial charge in [0.25, 0.3) is 0 Å². The molecular weight excluding hydrogens is 657 g/mol. The lowest BCUT2D eigenvalue weighted by molar-refractivity contribution is 1.14.